The molecule has 102 valence electrons. The molecule has 19 heavy (non-hydrogen) atoms. The van der Waals surface area contributed by atoms with Crippen molar-refractivity contribution in [2.24, 2.45) is 0 Å². The number of carbonyl (C=O) groups excluding carboxylic acids is 2. The summed E-state index contributed by atoms with van der Waals surface area (Å²) in [5, 5.41) is 0. The number of amides is 2. The summed E-state index contributed by atoms with van der Waals surface area (Å²) in [7, 11) is 3.05. The van der Waals surface area contributed by atoms with Gasteiger partial charge in [0.15, 0.2) is 0 Å². The van der Waals surface area contributed by atoms with Crippen LogP contribution in [0.2, 0.25) is 0 Å². The number of fused-ring (bicyclic) bond motifs is 1. The second kappa shape index (κ2) is 5.38. The van der Waals surface area contributed by atoms with E-state index in [1.165, 1.54) is 20.3 Å². The molecule has 0 spiro atoms. The SMILES string of the molecule is COCC(CN1C(=O)c2ccc(N)cc2C1=O)OC. The number of methoxy groups -OCH3 is 2. The first kappa shape index (κ1) is 13.5. The lowest BCUT2D eigenvalue weighted by atomic mass is 10.1. The molecule has 1 aliphatic heterocycles. The first-order valence-electron chi connectivity index (χ1n) is 5.86. The summed E-state index contributed by atoms with van der Waals surface area (Å²) in [4.78, 5) is 25.5. The molecule has 2 N–H and O–H groups in total. The van der Waals surface area contributed by atoms with Gasteiger partial charge >= 0.3 is 0 Å². The molecule has 2 amide bonds. The number of nitrogen functional groups attached to an aromatic ring is 1. The highest BCUT2D eigenvalue weighted by Gasteiger charge is 2.36. The van der Waals surface area contributed by atoms with Crippen molar-refractivity contribution in [1.82, 2.24) is 4.90 Å². The molecule has 0 fully saturated rings. The van der Waals surface area contributed by atoms with Crippen LogP contribution in [0, 0.1) is 0 Å². The number of nitrogens with two attached hydrogens (primary N) is 1. The molecule has 6 nitrogen and oxygen atoms in total. The smallest absolute Gasteiger partial charge is 0.261 e. The van der Waals surface area contributed by atoms with E-state index in [0.717, 1.165) is 4.90 Å². The van der Waals surface area contributed by atoms with Crippen molar-refractivity contribution in [2.75, 3.05) is 33.1 Å². The number of rotatable bonds is 5. The summed E-state index contributed by atoms with van der Waals surface area (Å²) in [6.07, 6.45) is -0.343. The zero-order chi connectivity index (χ0) is 14.0. The number of carbonyl (C=O) groups is 2. The molecule has 1 aromatic carbocycles. The largest absolute Gasteiger partial charge is 0.399 e. The van der Waals surface area contributed by atoms with Crippen LogP contribution in [0.4, 0.5) is 5.69 Å². The third kappa shape index (κ3) is 2.45. The second-order valence-corrected chi connectivity index (χ2v) is 4.34. The van der Waals surface area contributed by atoms with Gasteiger partial charge in [0, 0.05) is 19.9 Å². The van der Waals surface area contributed by atoms with Crippen LogP contribution in [-0.4, -0.2) is 50.2 Å². The summed E-state index contributed by atoms with van der Waals surface area (Å²) in [5.41, 5.74) is 6.82. The maximum Gasteiger partial charge on any atom is 0.261 e. The lowest BCUT2D eigenvalue weighted by molar-refractivity contribution is 0.00914. The van der Waals surface area contributed by atoms with E-state index in [2.05, 4.69) is 0 Å². The molecule has 1 aliphatic rings. The van der Waals surface area contributed by atoms with Crippen LogP contribution in [0.1, 0.15) is 20.7 Å². The highest BCUT2D eigenvalue weighted by molar-refractivity contribution is 6.21. The molecule has 2 rings (SSSR count). The average molecular weight is 264 g/mol. The van der Waals surface area contributed by atoms with Crippen molar-refractivity contribution in [3.63, 3.8) is 0 Å². The van der Waals surface area contributed by atoms with Crippen molar-refractivity contribution in [3.05, 3.63) is 29.3 Å². The number of hydrogen-bond donors (Lipinski definition) is 1. The summed E-state index contributed by atoms with van der Waals surface area (Å²) in [5.74, 6) is -0.663. The van der Waals surface area contributed by atoms with Crippen molar-refractivity contribution in [2.45, 2.75) is 6.10 Å². The Kier molecular flexibility index (Phi) is 3.82. The minimum atomic E-state index is -0.343. The van der Waals surface area contributed by atoms with Gasteiger partial charge in [-0.25, -0.2) is 0 Å². The number of nitrogens with zero attached hydrogens (tertiary/aromatic N) is 1. The molecule has 1 aromatic rings. The average Bonchev–Trinajstić information content (AvgIpc) is 2.62. The Morgan fingerprint density at radius 1 is 1.21 bits per heavy atom. The lowest BCUT2D eigenvalue weighted by Crippen LogP contribution is -2.39. The summed E-state index contributed by atoms with van der Waals surface area (Å²) < 4.78 is 10.2. The molecule has 6 heteroatoms. The van der Waals surface area contributed by atoms with E-state index in [9.17, 15) is 9.59 Å². The van der Waals surface area contributed by atoms with Gasteiger partial charge < -0.3 is 15.2 Å². The van der Waals surface area contributed by atoms with Crippen LogP contribution >= 0.6 is 0 Å². The number of ether oxygens (including phenoxy) is 2. The molecular formula is C13H16N2O4. The standard InChI is InChI=1S/C13H16N2O4/c1-18-7-9(19-2)6-15-12(16)10-4-3-8(14)5-11(10)13(15)17/h3-5,9H,6-7,14H2,1-2H3. The first-order valence-corrected chi connectivity index (χ1v) is 5.86. The molecule has 0 aromatic heterocycles. The highest BCUT2D eigenvalue weighted by atomic mass is 16.5. The van der Waals surface area contributed by atoms with Gasteiger partial charge in [0.25, 0.3) is 11.8 Å². The maximum absolute atomic E-state index is 12.2. The maximum atomic E-state index is 12.2. The van der Waals surface area contributed by atoms with Crippen LogP contribution < -0.4 is 5.73 Å². The van der Waals surface area contributed by atoms with Gasteiger partial charge in [-0.05, 0) is 18.2 Å². The molecular weight excluding hydrogens is 248 g/mol. The third-order valence-corrected chi connectivity index (χ3v) is 3.07. The first-order chi connectivity index (χ1) is 9.08. The van der Waals surface area contributed by atoms with Crippen molar-refractivity contribution in [3.8, 4) is 0 Å². The Balaban J connectivity index is 2.22. The minimum Gasteiger partial charge on any atom is -0.399 e. The van der Waals surface area contributed by atoms with Crippen molar-refractivity contribution in [1.29, 1.82) is 0 Å². The second-order valence-electron chi connectivity index (χ2n) is 4.34. The molecule has 0 aliphatic carbocycles. The van der Waals surface area contributed by atoms with E-state index in [4.69, 9.17) is 15.2 Å². The number of imide groups is 1. The summed E-state index contributed by atoms with van der Waals surface area (Å²) >= 11 is 0. The fraction of sp³-hybridized carbons (Fsp3) is 0.385. The Hall–Kier alpha value is -1.92. The van der Waals surface area contributed by atoms with E-state index in [0.29, 0.717) is 23.4 Å². The number of hydrogen-bond acceptors (Lipinski definition) is 5. The zero-order valence-electron chi connectivity index (χ0n) is 10.9. The van der Waals surface area contributed by atoms with E-state index in [-0.39, 0.29) is 24.5 Å². The fourth-order valence-corrected chi connectivity index (χ4v) is 2.06. The van der Waals surface area contributed by atoms with Crippen LogP contribution in [0.25, 0.3) is 0 Å². The van der Waals surface area contributed by atoms with E-state index in [1.807, 2.05) is 0 Å². The van der Waals surface area contributed by atoms with Crippen molar-refractivity contribution < 1.29 is 19.1 Å². The molecule has 1 unspecified atom stereocenters. The molecule has 0 saturated heterocycles. The Morgan fingerprint density at radius 3 is 2.53 bits per heavy atom. The Bertz CT molecular complexity index is 515. The van der Waals surface area contributed by atoms with Gasteiger partial charge in [-0.15, -0.1) is 0 Å². The molecule has 1 heterocycles. The predicted octanol–water partition coefficient (Wildman–Crippen LogP) is 0.526. The van der Waals surface area contributed by atoms with Crippen LogP contribution in [0.15, 0.2) is 18.2 Å². The monoisotopic (exact) mass is 264 g/mol. The lowest BCUT2D eigenvalue weighted by Gasteiger charge is -2.20. The Labute approximate surface area is 111 Å². The number of anilines is 1. The highest BCUT2D eigenvalue weighted by Crippen LogP contribution is 2.25. The predicted molar refractivity (Wildman–Crippen MR) is 68.9 cm³/mol. The topological polar surface area (TPSA) is 81.9 Å². The van der Waals surface area contributed by atoms with Crippen molar-refractivity contribution >= 4 is 17.5 Å². The van der Waals surface area contributed by atoms with Crippen LogP contribution in [0.3, 0.4) is 0 Å². The summed E-state index contributed by atoms with van der Waals surface area (Å²) in [6.45, 7) is 0.475. The molecule has 0 saturated carbocycles. The normalized spacial score (nSPS) is 15.8. The number of benzene rings is 1. The summed E-state index contributed by atoms with van der Waals surface area (Å²) in [6, 6.07) is 4.70. The van der Waals surface area contributed by atoms with E-state index >= 15 is 0 Å². The Morgan fingerprint density at radius 2 is 1.89 bits per heavy atom. The van der Waals surface area contributed by atoms with Crippen LogP contribution in [0.5, 0.6) is 0 Å². The van der Waals surface area contributed by atoms with Gasteiger partial charge in [0.1, 0.15) is 0 Å². The molecule has 0 radical (unpaired) electrons. The van der Waals surface area contributed by atoms with Gasteiger partial charge in [-0.2, -0.15) is 0 Å². The quantitative estimate of drug-likeness (QED) is 0.619. The van der Waals surface area contributed by atoms with Gasteiger partial charge in [0.05, 0.1) is 30.4 Å². The van der Waals surface area contributed by atoms with E-state index < -0.39 is 0 Å². The van der Waals surface area contributed by atoms with Gasteiger partial charge in [-0.1, -0.05) is 0 Å². The fourth-order valence-electron chi connectivity index (χ4n) is 2.06. The van der Waals surface area contributed by atoms with Crippen LogP contribution in [-0.2, 0) is 9.47 Å². The van der Waals surface area contributed by atoms with E-state index in [1.54, 1.807) is 12.1 Å². The van der Waals surface area contributed by atoms with Gasteiger partial charge in [0.2, 0.25) is 0 Å². The minimum absolute atomic E-state index is 0.163. The molecule has 1 atom stereocenters. The third-order valence-electron chi connectivity index (χ3n) is 3.07. The van der Waals surface area contributed by atoms with Gasteiger partial charge in [-0.3, -0.25) is 14.5 Å². The zero-order valence-corrected chi connectivity index (χ0v) is 10.9. The molecule has 0 bridgehead atoms.